The number of methoxy groups -OCH3 is 3. The van der Waals surface area contributed by atoms with Gasteiger partial charge in [-0.25, -0.2) is 0 Å². The molecule has 0 radical (unpaired) electrons. The summed E-state index contributed by atoms with van der Waals surface area (Å²) in [6.45, 7) is 0. The minimum atomic E-state index is -0.546. The van der Waals surface area contributed by atoms with Gasteiger partial charge in [-0.15, -0.1) is 0 Å². The van der Waals surface area contributed by atoms with Gasteiger partial charge in [-0.2, -0.15) is 0 Å². The Morgan fingerprint density at radius 3 is 1.83 bits per heavy atom. The number of carbonyl (C=O) groups is 1. The average molecular weight is 334 g/mol. The van der Waals surface area contributed by atoms with Crippen LogP contribution >= 0.6 is 0 Å². The lowest BCUT2D eigenvalue weighted by molar-refractivity contribution is 0.0986. The summed E-state index contributed by atoms with van der Waals surface area (Å²) in [5.74, 6) is -0.630. The van der Waals surface area contributed by atoms with Gasteiger partial charge in [0, 0.05) is 30.2 Å². The predicted molar refractivity (Wildman–Crippen MR) is 85.6 cm³/mol. The maximum absolute atomic E-state index is 12.5. The van der Waals surface area contributed by atoms with Crippen LogP contribution in [0.3, 0.4) is 0 Å². The molecule has 24 heavy (non-hydrogen) atoms. The van der Waals surface area contributed by atoms with Gasteiger partial charge in [0.2, 0.25) is 0 Å². The summed E-state index contributed by atoms with van der Waals surface area (Å²) in [7, 11) is 4.40. The van der Waals surface area contributed by atoms with Crippen molar-refractivity contribution in [2.45, 2.75) is 6.42 Å². The molecule has 0 unspecified atom stereocenters. The molecule has 0 heterocycles. The molecule has 7 heteroatoms. The van der Waals surface area contributed by atoms with Gasteiger partial charge < -0.3 is 29.5 Å². The lowest BCUT2D eigenvalue weighted by Crippen LogP contribution is -2.06. The Kier molecular flexibility index (Phi) is 5.03. The fraction of sp³-hybridized carbons (Fsp3) is 0.235. The van der Waals surface area contributed by atoms with Crippen molar-refractivity contribution in [2.24, 2.45) is 0 Å². The Bertz CT molecular complexity index is 745. The van der Waals surface area contributed by atoms with Crippen LogP contribution in [0.15, 0.2) is 24.3 Å². The second-order valence-corrected chi connectivity index (χ2v) is 4.98. The number of benzene rings is 2. The predicted octanol–water partition coefficient (Wildman–Crippen LogP) is 2.25. The molecule has 2 aromatic carbocycles. The maximum Gasteiger partial charge on any atom is 0.174 e. The number of phenols is 3. The number of phenolic OH excluding ortho intramolecular Hbond substituents is 3. The fourth-order valence-electron chi connectivity index (χ4n) is 2.38. The average Bonchev–Trinajstić information content (AvgIpc) is 2.53. The van der Waals surface area contributed by atoms with Gasteiger partial charge in [0.05, 0.1) is 21.3 Å². The van der Waals surface area contributed by atoms with Crippen LogP contribution in [-0.2, 0) is 6.42 Å². The molecule has 0 bridgehead atoms. The van der Waals surface area contributed by atoms with Crippen molar-refractivity contribution in [2.75, 3.05) is 21.3 Å². The zero-order valence-corrected chi connectivity index (χ0v) is 13.5. The van der Waals surface area contributed by atoms with Gasteiger partial charge in [0.25, 0.3) is 0 Å². The lowest BCUT2D eigenvalue weighted by Gasteiger charge is -2.14. The molecule has 0 aliphatic heterocycles. The number of ketones is 1. The topological polar surface area (TPSA) is 105 Å². The van der Waals surface area contributed by atoms with E-state index in [9.17, 15) is 20.1 Å². The van der Waals surface area contributed by atoms with E-state index in [1.165, 1.54) is 21.3 Å². The first-order chi connectivity index (χ1) is 11.4. The van der Waals surface area contributed by atoms with Crippen LogP contribution in [0.4, 0.5) is 0 Å². The van der Waals surface area contributed by atoms with Gasteiger partial charge in [0.15, 0.2) is 17.3 Å². The highest BCUT2D eigenvalue weighted by molar-refractivity contribution is 6.02. The number of hydrogen-bond acceptors (Lipinski definition) is 7. The summed E-state index contributed by atoms with van der Waals surface area (Å²) in [5.41, 5.74) is 0.219. The molecule has 0 spiro atoms. The summed E-state index contributed by atoms with van der Waals surface area (Å²) >= 11 is 0. The summed E-state index contributed by atoms with van der Waals surface area (Å²) in [4.78, 5) is 12.5. The van der Waals surface area contributed by atoms with Crippen molar-refractivity contribution < 1.29 is 34.3 Å². The normalized spacial score (nSPS) is 10.3. The van der Waals surface area contributed by atoms with Gasteiger partial charge in [-0.1, -0.05) is 0 Å². The van der Waals surface area contributed by atoms with E-state index in [0.29, 0.717) is 22.8 Å². The zero-order chi connectivity index (χ0) is 17.9. The SMILES string of the molecule is COc1cc(OC)c(OC)cc1CC(=O)c1c(O)cc(O)cc1O. The standard InChI is InChI=1S/C17H18O7/c1-22-14-8-16(24-3)15(23-2)5-9(14)4-11(19)17-12(20)6-10(18)7-13(17)21/h5-8,18,20-21H,4H2,1-3H3. The minimum Gasteiger partial charge on any atom is -0.508 e. The third-order valence-corrected chi connectivity index (χ3v) is 3.50. The molecule has 3 N–H and O–H groups in total. The molecule has 2 rings (SSSR count). The monoisotopic (exact) mass is 334 g/mol. The van der Waals surface area contributed by atoms with E-state index in [0.717, 1.165) is 12.1 Å². The van der Waals surface area contributed by atoms with Crippen LogP contribution in [0.5, 0.6) is 34.5 Å². The van der Waals surface area contributed by atoms with Gasteiger partial charge >= 0.3 is 0 Å². The van der Waals surface area contributed by atoms with E-state index >= 15 is 0 Å². The molecule has 0 saturated carbocycles. The molecule has 128 valence electrons. The van der Waals surface area contributed by atoms with E-state index < -0.39 is 17.3 Å². The van der Waals surface area contributed by atoms with E-state index in [1.807, 2.05) is 0 Å². The van der Waals surface area contributed by atoms with Crippen LogP contribution in [-0.4, -0.2) is 42.4 Å². The van der Waals surface area contributed by atoms with Crippen molar-refractivity contribution in [1.82, 2.24) is 0 Å². The first-order valence-electron chi connectivity index (χ1n) is 6.98. The van der Waals surface area contributed by atoms with Crippen molar-refractivity contribution in [3.63, 3.8) is 0 Å². The number of carbonyl (C=O) groups excluding carboxylic acids is 1. The second-order valence-electron chi connectivity index (χ2n) is 4.98. The van der Waals surface area contributed by atoms with Crippen LogP contribution in [0.2, 0.25) is 0 Å². The van der Waals surface area contributed by atoms with Gasteiger partial charge in [-0.05, 0) is 6.07 Å². The first-order valence-corrected chi connectivity index (χ1v) is 6.98. The number of Topliss-reactive ketones (excluding diaryl/α,β-unsaturated/α-hetero) is 1. The van der Waals surface area contributed by atoms with Crippen molar-refractivity contribution in [1.29, 1.82) is 0 Å². The van der Waals surface area contributed by atoms with Gasteiger partial charge in [-0.3, -0.25) is 4.79 Å². The molecule has 0 atom stereocenters. The number of ether oxygens (including phenoxy) is 3. The zero-order valence-electron chi connectivity index (χ0n) is 13.5. The molecule has 0 aliphatic carbocycles. The second kappa shape index (κ2) is 6.99. The summed E-state index contributed by atoms with van der Waals surface area (Å²) < 4.78 is 15.6. The Labute approximate surface area is 138 Å². The van der Waals surface area contributed by atoms with Crippen LogP contribution in [0, 0.1) is 0 Å². The van der Waals surface area contributed by atoms with Gasteiger partial charge in [0.1, 0.15) is 28.6 Å². The van der Waals surface area contributed by atoms with Crippen molar-refractivity contribution in [3.8, 4) is 34.5 Å². The highest BCUT2D eigenvalue weighted by Gasteiger charge is 2.21. The van der Waals surface area contributed by atoms with E-state index in [2.05, 4.69) is 0 Å². The summed E-state index contributed by atoms with van der Waals surface area (Å²) in [6.07, 6.45) is -0.157. The number of hydrogen-bond donors (Lipinski definition) is 3. The summed E-state index contributed by atoms with van der Waals surface area (Å²) in [6, 6.07) is 5.14. The highest BCUT2D eigenvalue weighted by atomic mass is 16.5. The first kappa shape index (κ1) is 17.3. The fourth-order valence-corrected chi connectivity index (χ4v) is 2.38. The van der Waals surface area contributed by atoms with Crippen molar-refractivity contribution in [3.05, 3.63) is 35.4 Å². The lowest BCUT2D eigenvalue weighted by atomic mass is 10.00. The van der Waals surface area contributed by atoms with Crippen LogP contribution < -0.4 is 14.2 Å². The molecular formula is C17H18O7. The highest BCUT2D eigenvalue weighted by Crippen LogP contribution is 2.37. The molecule has 0 aliphatic rings. The largest absolute Gasteiger partial charge is 0.508 e. The molecule has 0 fully saturated rings. The number of rotatable bonds is 6. The molecular weight excluding hydrogens is 316 g/mol. The molecule has 0 saturated heterocycles. The molecule has 2 aromatic rings. The molecule has 0 aromatic heterocycles. The third-order valence-electron chi connectivity index (χ3n) is 3.50. The van der Waals surface area contributed by atoms with E-state index in [-0.39, 0.29) is 17.7 Å². The third kappa shape index (κ3) is 3.29. The Hall–Kier alpha value is -3.09. The van der Waals surface area contributed by atoms with E-state index in [4.69, 9.17) is 14.2 Å². The smallest absolute Gasteiger partial charge is 0.174 e. The summed E-state index contributed by atoms with van der Waals surface area (Å²) in [5, 5.41) is 28.9. The van der Waals surface area contributed by atoms with E-state index in [1.54, 1.807) is 12.1 Å². The Morgan fingerprint density at radius 1 is 0.833 bits per heavy atom. The van der Waals surface area contributed by atoms with Crippen LogP contribution in [0.25, 0.3) is 0 Å². The Morgan fingerprint density at radius 2 is 1.33 bits per heavy atom. The molecule has 0 amide bonds. The maximum atomic E-state index is 12.5. The minimum absolute atomic E-state index is 0.157. The Balaban J connectivity index is 2.42. The molecule has 7 nitrogen and oxygen atoms in total. The van der Waals surface area contributed by atoms with Crippen molar-refractivity contribution >= 4 is 5.78 Å². The quantitative estimate of drug-likeness (QED) is 0.696. The number of aromatic hydroxyl groups is 3. The van der Waals surface area contributed by atoms with Crippen LogP contribution in [0.1, 0.15) is 15.9 Å².